The lowest BCUT2D eigenvalue weighted by Gasteiger charge is -2.09. The molecule has 0 radical (unpaired) electrons. The molecule has 0 aliphatic rings. The summed E-state index contributed by atoms with van der Waals surface area (Å²) in [5, 5.41) is 13.0. The predicted octanol–water partition coefficient (Wildman–Crippen LogP) is 1.23. The molecule has 6 nitrogen and oxygen atoms in total. The number of carbonyl (C=O) groups excluding carboxylic acids is 2. The highest BCUT2D eigenvalue weighted by Crippen LogP contribution is 2.05. The van der Waals surface area contributed by atoms with Crippen LogP contribution in [0.5, 0.6) is 0 Å². The summed E-state index contributed by atoms with van der Waals surface area (Å²) in [7, 11) is 0. The summed E-state index contributed by atoms with van der Waals surface area (Å²) in [5.41, 5.74) is 6.98. The number of aromatic nitrogens is 1. The quantitative estimate of drug-likeness (QED) is 0.697. The number of carbonyl (C=O) groups is 2. The van der Waals surface area contributed by atoms with Crippen molar-refractivity contribution in [3.63, 3.8) is 0 Å². The molecule has 0 saturated carbocycles. The molecule has 6 heteroatoms. The zero-order valence-electron chi connectivity index (χ0n) is 15.7. The number of anilines is 1. The van der Waals surface area contributed by atoms with Crippen molar-refractivity contribution in [3.8, 4) is 0 Å². The van der Waals surface area contributed by atoms with Gasteiger partial charge in [-0.1, -0.05) is 60.2 Å². The highest BCUT2D eigenvalue weighted by molar-refractivity contribution is 5.93. The van der Waals surface area contributed by atoms with E-state index in [2.05, 4.69) is 16.0 Å². The number of aryl methyl sites for hydroxylation is 1. The number of amides is 1. The topological polar surface area (TPSA) is 110 Å². The molecule has 0 aliphatic carbocycles. The molecule has 1 amide bonds. The zero-order chi connectivity index (χ0) is 20.4. The highest BCUT2D eigenvalue weighted by Gasteiger charge is 2.17. The van der Waals surface area contributed by atoms with E-state index in [0.717, 1.165) is 11.1 Å². The molecule has 2 aromatic carbocycles. The van der Waals surface area contributed by atoms with Crippen LogP contribution in [0, 0.1) is 6.92 Å². The Hall–Kier alpha value is -3.51. The number of nitrogens with one attached hydrogen (secondary N) is 1. The Morgan fingerprint density at radius 1 is 1.04 bits per heavy atom. The molecule has 0 bridgehead atoms. The van der Waals surface area contributed by atoms with Gasteiger partial charge in [0.1, 0.15) is 0 Å². The Morgan fingerprint density at radius 2 is 1.71 bits per heavy atom. The maximum absolute atomic E-state index is 11.9. The van der Waals surface area contributed by atoms with Gasteiger partial charge in [0, 0.05) is 12.6 Å². The lowest BCUT2D eigenvalue weighted by molar-refractivity contribution is -0.402. The first kappa shape index (κ1) is 20.8. The first-order chi connectivity index (χ1) is 13.5. The molecule has 3 aromatic rings. The van der Waals surface area contributed by atoms with E-state index in [1.807, 2.05) is 37.3 Å². The second kappa shape index (κ2) is 10.6. The van der Waals surface area contributed by atoms with Gasteiger partial charge in [0.15, 0.2) is 6.04 Å². The van der Waals surface area contributed by atoms with Crippen LogP contribution in [0.25, 0.3) is 0 Å². The average Bonchev–Trinajstić information content (AvgIpc) is 2.70. The molecular weight excluding hydrogens is 354 g/mol. The maximum Gasteiger partial charge on any atom is 0.282 e. The summed E-state index contributed by atoms with van der Waals surface area (Å²) < 4.78 is 0. The number of benzene rings is 2. The zero-order valence-corrected chi connectivity index (χ0v) is 15.7. The minimum Gasteiger partial charge on any atom is -0.545 e. The second-order valence-electron chi connectivity index (χ2n) is 6.27. The molecule has 1 heterocycles. The molecule has 0 unspecified atom stereocenters. The number of quaternary nitrogens is 1. The van der Waals surface area contributed by atoms with Gasteiger partial charge in [0.25, 0.3) is 5.91 Å². The monoisotopic (exact) mass is 377 g/mol. The maximum atomic E-state index is 11.9. The Balaban J connectivity index is 0.000000237. The van der Waals surface area contributed by atoms with Crippen molar-refractivity contribution in [2.45, 2.75) is 19.4 Å². The van der Waals surface area contributed by atoms with Gasteiger partial charge in [-0.2, -0.15) is 0 Å². The van der Waals surface area contributed by atoms with Crippen LogP contribution in [-0.2, 0) is 11.2 Å². The van der Waals surface area contributed by atoms with E-state index in [4.69, 9.17) is 0 Å². The molecule has 0 fully saturated rings. The van der Waals surface area contributed by atoms with Gasteiger partial charge in [-0.25, -0.2) is 0 Å². The van der Waals surface area contributed by atoms with Crippen LogP contribution in [0.4, 0.5) is 5.69 Å². The Morgan fingerprint density at radius 3 is 2.29 bits per heavy atom. The van der Waals surface area contributed by atoms with Crippen LogP contribution in [0.1, 0.15) is 21.5 Å². The van der Waals surface area contributed by atoms with E-state index >= 15 is 0 Å². The molecule has 144 valence electrons. The van der Waals surface area contributed by atoms with Gasteiger partial charge in [0.2, 0.25) is 0 Å². The van der Waals surface area contributed by atoms with Crippen LogP contribution < -0.4 is 16.2 Å². The molecule has 1 atom stereocenters. The molecule has 0 aliphatic heterocycles. The van der Waals surface area contributed by atoms with Crippen molar-refractivity contribution in [2.75, 3.05) is 5.32 Å². The molecule has 28 heavy (non-hydrogen) atoms. The third-order valence-electron chi connectivity index (χ3n) is 3.91. The molecule has 3 rings (SSSR count). The van der Waals surface area contributed by atoms with Crippen molar-refractivity contribution in [2.24, 2.45) is 0 Å². The minimum absolute atomic E-state index is 0.0909. The molecule has 0 spiro atoms. The van der Waals surface area contributed by atoms with E-state index in [9.17, 15) is 14.7 Å². The predicted molar refractivity (Wildman–Crippen MR) is 105 cm³/mol. The van der Waals surface area contributed by atoms with Crippen molar-refractivity contribution in [3.05, 3.63) is 95.8 Å². The summed E-state index contributed by atoms with van der Waals surface area (Å²) in [5.74, 6) is -1.22. The van der Waals surface area contributed by atoms with Gasteiger partial charge in [-0.15, -0.1) is 0 Å². The largest absolute Gasteiger partial charge is 0.545 e. The number of aromatic carboxylic acids is 1. The lowest BCUT2D eigenvalue weighted by Crippen LogP contribution is -2.67. The van der Waals surface area contributed by atoms with Crippen LogP contribution in [0.3, 0.4) is 0 Å². The van der Waals surface area contributed by atoms with E-state index in [0.29, 0.717) is 12.1 Å². The fourth-order valence-electron chi connectivity index (χ4n) is 2.36. The number of rotatable bonds is 5. The lowest BCUT2D eigenvalue weighted by atomic mass is 10.1. The first-order valence-corrected chi connectivity index (χ1v) is 8.81. The number of carboxylic acids is 1. The fraction of sp³-hybridized carbons (Fsp3) is 0.136. The SMILES string of the molecule is Cc1ccc(C(=O)[O-])cc1.[NH3+][C@@H](Cc1ccccc1)C(=O)Nc1cccnc1. The van der Waals surface area contributed by atoms with Gasteiger partial charge < -0.3 is 21.0 Å². The molecule has 0 saturated heterocycles. The second-order valence-corrected chi connectivity index (χ2v) is 6.27. The Labute approximate surface area is 164 Å². The normalized spacial score (nSPS) is 10.9. The van der Waals surface area contributed by atoms with Gasteiger partial charge in [0.05, 0.1) is 17.9 Å². The number of pyridine rings is 1. The van der Waals surface area contributed by atoms with E-state index in [1.54, 1.807) is 36.7 Å². The smallest absolute Gasteiger partial charge is 0.282 e. The summed E-state index contributed by atoms with van der Waals surface area (Å²) in [4.78, 5) is 26.1. The van der Waals surface area contributed by atoms with Gasteiger partial charge in [-0.05, 0) is 30.2 Å². The number of hydrogen-bond donors (Lipinski definition) is 2. The van der Waals surface area contributed by atoms with Crippen LogP contribution in [0.15, 0.2) is 79.1 Å². The summed E-state index contributed by atoms with van der Waals surface area (Å²) in [6.45, 7) is 1.90. The Bertz CT molecular complexity index is 882. The summed E-state index contributed by atoms with van der Waals surface area (Å²) in [6, 6.07) is 19.7. The fourth-order valence-corrected chi connectivity index (χ4v) is 2.36. The van der Waals surface area contributed by atoms with Crippen LogP contribution >= 0.6 is 0 Å². The highest BCUT2D eigenvalue weighted by atomic mass is 16.4. The van der Waals surface area contributed by atoms with Crippen LogP contribution in [-0.4, -0.2) is 22.9 Å². The van der Waals surface area contributed by atoms with E-state index < -0.39 is 5.97 Å². The number of hydrogen-bond acceptors (Lipinski definition) is 4. The standard InChI is InChI=1S/C14H15N3O.C8H8O2/c15-13(9-11-5-2-1-3-6-11)14(18)17-12-7-4-8-16-10-12;1-6-2-4-7(5-3-6)8(9)10/h1-8,10,13H,9,15H2,(H,17,18);2-5H,1H3,(H,9,10)/t13-;/m0./s1. The third kappa shape index (κ3) is 7.01. The summed E-state index contributed by atoms with van der Waals surface area (Å²) in [6.07, 6.45) is 3.92. The first-order valence-electron chi connectivity index (χ1n) is 8.81. The third-order valence-corrected chi connectivity index (χ3v) is 3.91. The van der Waals surface area contributed by atoms with Gasteiger partial charge >= 0.3 is 0 Å². The molecule has 1 aromatic heterocycles. The van der Waals surface area contributed by atoms with Crippen molar-refractivity contribution < 1.29 is 20.4 Å². The minimum atomic E-state index is -1.12. The Kier molecular flexibility index (Phi) is 7.87. The van der Waals surface area contributed by atoms with Gasteiger partial charge in [-0.3, -0.25) is 9.78 Å². The van der Waals surface area contributed by atoms with E-state index in [1.165, 1.54) is 12.1 Å². The number of carboxylic acid groups (broad SMARTS) is 1. The average molecular weight is 377 g/mol. The summed E-state index contributed by atoms with van der Waals surface area (Å²) >= 11 is 0. The van der Waals surface area contributed by atoms with Crippen molar-refractivity contribution in [1.82, 2.24) is 4.98 Å². The molecular formula is C22H23N3O3. The van der Waals surface area contributed by atoms with E-state index in [-0.39, 0.29) is 17.5 Å². The molecule has 4 N–H and O–H groups in total. The van der Waals surface area contributed by atoms with Crippen molar-refractivity contribution >= 4 is 17.6 Å². The van der Waals surface area contributed by atoms with Crippen molar-refractivity contribution in [1.29, 1.82) is 0 Å². The van der Waals surface area contributed by atoms with Crippen LogP contribution in [0.2, 0.25) is 0 Å². The number of nitrogens with zero attached hydrogens (tertiary/aromatic N) is 1.